The van der Waals surface area contributed by atoms with Crippen LogP contribution < -0.4 is 5.32 Å². The highest BCUT2D eigenvalue weighted by atomic mass is 16.3. The Morgan fingerprint density at radius 3 is 2.60 bits per heavy atom. The molecule has 0 saturated heterocycles. The predicted octanol–water partition coefficient (Wildman–Crippen LogP) is 2.72. The van der Waals surface area contributed by atoms with E-state index in [0.717, 1.165) is 54.9 Å². The number of aliphatic hydroxyl groups is 1. The van der Waals surface area contributed by atoms with Gasteiger partial charge in [0.2, 0.25) is 0 Å². The first-order valence-corrected chi connectivity index (χ1v) is 8.86. The number of nitrogens with zero attached hydrogens (tertiary/aromatic N) is 3. The molecule has 0 amide bonds. The van der Waals surface area contributed by atoms with E-state index in [2.05, 4.69) is 26.4 Å². The molecule has 2 aromatic heterocycles. The second-order valence-electron chi connectivity index (χ2n) is 7.38. The fraction of sp³-hybridized carbons (Fsp3) is 0.450. The molecule has 0 spiro atoms. The Hall–Kier alpha value is -2.45. The molecule has 0 aliphatic heterocycles. The zero-order valence-corrected chi connectivity index (χ0v) is 14.4. The molecule has 0 atom stereocenters. The van der Waals surface area contributed by atoms with Crippen LogP contribution in [0, 0.1) is 12.3 Å². The summed E-state index contributed by atoms with van der Waals surface area (Å²) in [6.45, 7) is 1.88. The molecule has 1 fully saturated rings. The number of nitrogens with one attached hydrogen (secondary N) is 1. The highest BCUT2D eigenvalue weighted by Gasteiger charge is 2.39. The largest absolute Gasteiger partial charge is 0.390 e. The van der Waals surface area contributed by atoms with Gasteiger partial charge in [-0.1, -0.05) is 5.92 Å². The van der Waals surface area contributed by atoms with E-state index in [1.54, 1.807) is 6.20 Å². The summed E-state index contributed by atoms with van der Waals surface area (Å²) >= 11 is 0. The van der Waals surface area contributed by atoms with E-state index in [1.807, 2.05) is 19.1 Å². The lowest BCUT2D eigenvalue weighted by Gasteiger charge is -2.41. The number of rotatable bonds is 3. The first kappa shape index (κ1) is 16.0. The summed E-state index contributed by atoms with van der Waals surface area (Å²) in [5, 5.41) is 22.3. The Balaban J connectivity index is 1.66. The summed E-state index contributed by atoms with van der Waals surface area (Å²) < 4.78 is 0. The summed E-state index contributed by atoms with van der Waals surface area (Å²) in [6, 6.07) is 4.08. The van der Waals surface area contributed by atoms with Crippen molar-refractivity contribution in [1.29, 1.82) is 0 Å². The molecule has 0 unspecified atom stereocenters. The topological polar surface area (TPSA) is 70.9 Å². The Morgan fingerprint density at radius 2 is 1.96 bits per heavy atom. The van der Waals surface area contributed by atoms with E-state index in [1.165, 1.54) is 17.5 Å². The average molecular weight is 334 g/mol. The molecule has 25 heavy (non-hydrogen) atoms. The molecular formula is C20H22N4O. The number of pyridine rings is 1. The maximum atomic E-state index is 9.94. The first-order chi connectivity index (χ1) is 12.1. The highest BCUT2D eigenvalue weighted by molar-refractivity contribution is 5.65. The zero-order chi connectivity index (χ0) is 17.4. The quantitative estimate of drug-likeness (QED) is 0.845. The van der Waals surface area contributed by atoms with Crippen molar-refractivity contribution in [3.63, 3.8) is 0 Å². The van der Waals surface area contributed by atoms with Crippen molar-refractivity contribution in [2.75, 3.05) is 5.32 Å². The van der Waals surface area contributed by atoms with E-state index in [0.29, 0.717) is 0 Å². The second kappa shape index (κ2) is 6.12. The van der Waals surface area contributed by atoms with Gasteiger partial charge in [0.25, 0.3) is 0 Å². The number of anilines is 1. The van der Waals surface area contributed by atoms with Crippen LogP contribution in [0.25, 0.3) is 11.4 Å². The number of hydrogen-bond acceptors (Lipinski definition) is 5. The lowest BCUT2D eigenvalue weighted by molar-refractivity contribution is -0.0235. The molecule has 1 saturated carbocycles. The Labute approximate surface area is 147 Å². The van der Waals surface area contributed by atoms with E-state index < -0.39 is 5.60 Å². The Bertz CT molecular complexity index is 828. The number of terminal acetylenes is 1. The molecule has 2 aromatic rings. The van der Waals surface area contributed by atoms with Gasteiger partial charge in [0.1, 0.15) is 5.69 Å². The summed E-state index contributed by atoms with van der Waals surface area (Å²) in [4.78, 5) is 4.47. The second-order valence-corrected chi connectivity index (χ2v) is 7.38. The number of hydrogen-bond donors (Lipinski definition) is 2. The van der Waals surface area contributed by atoms with Crippen LogP contribution in [-0.4, -0.2) is 31.9 Å². The van der Waals surface area contributed by atoms with Gasteiger partial charge < -0.3 is 10.4 Å². The highest BCUT2D eigenvalue weighted by Crippen LogP contribution is 2.37. The summed E-state index contributed by atoms with van der Waals surface area (Å²) in [5.41, 5.74) is 4.41. The van der Waals surface area contributed by atoms with Crippen LogP contribution in [0.3, 0.4) is 0 Å². The van der Waals surface area contributed by atoms with Gasteiger partial charge in [0.05, 0.1) is 11.3 Å². The van der Waals surface area contributed by atoms with Crippen molar-refractivity contribution in [2.45, 2.75) is 57.1 Å². The standard InChI is InChI=1S/C20H22N4O/c1-3-13-8-9-17(21-12-13)18-15-6-4-5-7-16(15)19(24-23-18)22-14-10-20(2,25)11-14/h1,8-9,12,14,25H,4-7,10-11H2,2H3,(H,22,24). The normalized spacial score (nSPS) is 24.8. The molecule has 5 heteroatoms. The third kappa shape index (κ3) is 3.10. The van der Waals surface area contributed by atoms with E-state index >= 15 is 0 Å². The van der Waals surface area contributed by atoms with E-state index in [4.69, 9.17) is 6.42 Å². The van der Waals surface area contributed by atoms with E-state index in [-0.39, 0.29) is 6.04 Å². The number of aromatic nitrogens is 3. The first-order valence-electron chi connectivity index (χ1n) is 8.86. The smallest absolute Gasteiger partial charge is 0.152 e. The van der Waals surface area contributed by atoms with Crippen LogP contribution in [0.4, 0.5) is 5.82 Å². The maximum absolute atomic E-state index is 9.94. The Morgan fingerprint density at radius 1 is 1.20 bits per heavy atom. The SMILES string of the molecule is C#Cc1ccc(-c2nnc(NC3CC(C)(O)C3)c3c2CCCC3)nc1. The van der Waals surface area contributed by atoms with Crippen molar-refractivity contribution in [2.24, 2.45) is 0 Å². The molecule has 2 aliphatic carbocycles. The molecule has 0 radical (unpaired) electrons. The van der Waals surface area contributed by atoms with Crippen LogP contribution in [0.1, 0.15) is 49.3 Å². The van der Waals surface area contributed by atoms with Gasteiger partial charge in [-0.25, -0.2) is 0 Å². The molecule has 4 rings (SSSR count). The van der Waals surface area contributed by atoms with Crippen LogP contribution in [-0.2, 0) is 12.8 Å². The minimum Gasteiger partial charge on any atom is -0.390 e. The van der Waals surface area contributed by atoms with Crippen molar-refractivity contribution in [1.82, 2.24) is 15.2 Å². The maximum Gasteiger partial charge on any atom is 0.152 e. The zero-order valence-electron chi connectivity index (χ0n) is 14.4. The van der Waals surface area contributed by atoms with Gasteiger partial charge in [-0.3, -0.25) is 4.98 Å². The van der Waals surface area contributed by atoms with Crippen molar-refractivity contribution < 1.29 is 5.11 Å². The molecular weight excluding hydrogens is 312 g/mol. The van der Waals surface area contributed by atoms with Crippen LogP contribution in [0.5, 0.6) is 0 Å². The minimum atomic E-state index is -0.548. The minimum absolute atomic E-state index is 0.272. The van der Waals surface area contributed by atoms with Crippen LogP contribution in [0.15, 0.2) is 18.3 Å². The van der Waals surface area contributed by atoms with Gasteiger partial charge >= 0.3 is 0 Å². The molecule has 2 N–H and O–H groups in total. The van der Waals surface area contributed by atoms with Crippen molar-refractivity contribution in [3.05, 3.63) is 35.0 Å². The van der Waals surface area contributed by atoms with Gasteiger partial charge in [-0.2, -0.15) is 0 Å². The molecule has 0 aromatic carbocycles. The molecule has 2 aliphatic rings. The lowest BCUT2D eigenvalue weighted by atomic mass is 9.77. The third-order valence-corrected chi connectivity index (χ3v) is 5.18. The molecule has 128 valence electrons. The fourth-order valence-electron chi connectivity index (χ4n) is 3.89. The lowest BCUT2D eigenvalue weighted by Crippen LogP contribution is -2.48. The van der Waals surface area contributed by atoms with Crippen molar-refractivity contribution in [3.8, 4) is 23.7 Å². The van der Waals surface area contributed by atoms with Gasteiger partial charge in [-0.05, 0) is 63.1 Å². The predicted molar refractivity (Wildman–Crippen MR) is 97.1 cm³/mol. The van der Waals surface area contributed by atoms with Gasteiger partial charge in [0, 0.05) is 23.4 Å². The summed E-state index contributed by atoms with van der Waals surface area (Å²) in [5.74, 6) is 3.46. The van der Waals surface area contributed by atoms with Crippen molar-refractivity contribution >= 4 is 5.82 Å². The summed E-state index contributed by atoms with van der Waals surface area (Å²) in [7, 11) is 0. The Kier molecular flexibility index (Phi) is 3.93. The fourth-order valence-corrected chi connectivity index (χ4v) is 3.89. The van der Waals surface area contributed by atoms with Gasteiger partial charge in [-0.15, -0.1) is 16.6 Å². The monoisotopic (exact) mass is 334 g/mol. The molecule has 0 bridgehead atoms. The van der Waals surface area contributed by atoms with Crippen LogP contribution in [0.2, 0.25) is 0 Å². The number of fused-ring (bicyclic) bond motifs is 1. The van der Waals surface area contributed by atoms with E-state index in [9.17, 15) is 5.11 Å². The third-order valence-electron chi connectivity index (χ3n) is 5.18. The molecule has 2 heterocycles. The van der Waals surface area contributed by atoms with Gasteiger partial charge in [0.15, 0.2) is 5.82 Å². The summed E-state index contributed by atoms with van der Waals surface area (Å²) in [6.07, 6.45) is 12.9. The average Bonchev–Trinajstić information content (AvgIpc) is 2.60. The van der Waals surface area contributed by atoms with Crippen LogP contribution >= 0.6 is 0 Å². The molecule has 5 nitrogen and oxygen atoms in total.